The van der Waals surface area contributed by atoms with Gasteiger partial charge in [-0.1, -0.05) is 38.1 Å². The number of hydrogen-bond donors (Lipinski definition) is 0. The predicted octanol–water partition coefficient (Wildman–Crippen LogP) is 3.01. The summed E-state index contributed by atoms with van der Waals surface area (Å²) >= 11 is 0. The zero-order valence-electron chi connectivity index (χ0n) is 10.5. The first-order chi connectivity index (χ1) is 7.60. The average Bonchev–Trinajstić information content (AvgIpc) is 2.49. The number of fused-ring (bicyclic) bond motifs is 3. The van der Waals surface area contributed by atoms with Crippen LogP contribution >= 0.6 is 0 Å². The maximum atomic E-state index is 2.49. The summed E-state index contributed by atoms with van der Waals surface area (Å²) in [6.45, 7) is 7.36. The van der Waals surface area contributed by atoms with Crippen molar-refractivity contribution in [3.8, 4) is 0 Å². The molecule has 1 aromatic carbocycles. The van der Waals surface area contributed by atoms with Gasteiger partial charge in [-0.25, -0.2) is 0 Å². The van der Waals surface area contributed by atoms with Crippen molar-refractivity contribution in [2.24, 2.45) is 5.92 Å². The summed E-state index contributed by atoms with van der Waals surface area (Å²) < 4.78 is 0. The highest BCUT2D eigenvalue weighted by Gasteiger charge is 2.47. The molecule has 0 bridgehead atoms. The van der Waals surface area contributed by atoms with Gasteiger partial charge in [0.15, 0.2) is 0 Å². The van der Waals surface area contributed by atoms with Crippen LogP contribution < -0.4 is 0 Å². The van der Waals surface area contributed by atoms with E-state index in [4.69, 9.17) is 0 Å². The van der Waals surface area contributed by atoms with Crippen LogP contribution in [-0.4, -0.2) is 25.0 Å². The van der Waals surface area contributed by atoms with Crippen LogP contribution in [0.2, 0.25) is 0 Å². The van der Waals surface area contributed by atoms with Gasteiger partial charge < -0.3 is 4.90 Å². The van der Waals surface area contributed by atoms with Gasteiger partial charge in [-0.3, -0.25) is 0 Å². The molecule has 1 aliphatic heterocycles. The van der Waals surface area contributed by atoms with E-state index in [0.29, 0.717) is 5.41 Å². The van der Waals surface area contributed by atoms with E-state index in [0.717, 1.165) is 11.8 Å². The summed E-state index contributed by atoms with van der Waals surface area (Å²) in [7, 11) is 2.26. The number of nitrogens with zero attached hydrogens (tertiary/aromatic N) is 1. The Labute approximate surface area is 98.5 Å². The highest BCUT2D eigenvalue weighted by Crippen LogP contribution is 2.53. The first kappa shape index (κ1) is 10.3. The van der Waals surface area contributed by atoms with Crippen molar-refractivity contribution in [3.63, 3.8) is 0 Å². The van der Waals surface area contributed by atoms with E-state index in [1.165, 1.54) is 19.5 Å². The molecule has 0 spiro atoms. The van der Waals surface area contributed by atoms with Gasteiger partial charge in [0.2, 0.25) is 0 Å². The number of piperidine rings is 1. The lowest BCUT2D eigenvalue weighted by atomic mass is 9.73. The van der Waals surface area contributed by atoms with E-state index in [1.807, 2.05) is 0 Å². The molecule has 1 heteroatoms. The van der Waals surface area contributed by atoms with Crippen LogP contribution in [0.4, 0.5) is 0 Å². The van der Waals surface area contributed by atoms with Crippen LogP contribution in [0.25, 0.3) is 0 Å². The van der Waals surface area contributed by atoms with Crippen molar-refractivity contribution in [3.05, 3.63) is 35.4 Å². The molecule has 1 aromatic rings. The number of likely N-dealkylation sites (tertiary alicyclic amines) is 1. The molecule has 1 saturated heterocycles. The van der Waals surface area contributed by atoms with Crippen LogP contribution in [0.1, 0.15) is 37.3 Å². The minimum Gasteiger partial charge on any atom is -0.306 e. The zero-order valence-corrected chi connectivity index (χ0v) is 10.5. The first-order valence-electron chi connectivity index (χ1n) is 6.38. The molecule has 1 nitrogen and oxygen atoms in total. The van der Waals surface area contributed by atoms with E-state index < -0.39 is 0 Å². The summed E-state index contributed by atoms with van der Waals surface area (Å²) in [6.07, 6.45) is 1.33. The van der Waals surface area contributed by atoms with E-state index >= 15 is 0 Å². The molecular formula is C15H21N. The second-order valence-corrected chi connectivity index (χ2v) is 6.07. The number of benzene rings is 1. The SMILES string of the molecule is CN1CC[C@H]2c3ccccc3C(C)(C)[C@@H]2C1. The van der Waals surface area contributed by atoms with E-state index in [-0.39, 0.29) is 0 Å². The summed E-state index contributed by atoms with van der Waals surface area (Å²) in [5, 5.41) is 0. The third kappa shape index (κ3) is 1.27. The molecule has 0 aromatic heterocycles. The summed E-state index contributed by atoms with van der Waals surface area (Å²) in [5.74, 6) is 1.62. The Bertz CT molecular complexity index is 408. The van der Waals surface area contributed by atoms with E-state index in [9.17, 15) is 0 Å². The predicted molar refractivity (Wildman–Crippen MR) is 67.8 cm³/mol. The zero-order chi connectivity index (χ0) is 11.3. The molecule has 0 radical (unpaired) electrons. The van der Waals surface area contributed by atoms with Gasteiger partial charge in [0.25, 0.3) is 0 Å². The molecule has 1 fully saturated rings. The smallest absolute Gasteiger partial charge is 0.00208 e. The highest BCUT2D eigenvalue weighted by molar-refractivity contribution is 5.43. The Morgan fingerprint density at radius 3 is 2.81 bits per heavy atom. The van der Waals surface area contributed by atoms with Crippen LogP contribution in [0.15, 0.2) is 24.3 Å². The Kier molecular flexibility index (Phi) is 2.16. The average molecular weight is 215 g/mol. The molecule has 0 amide bonds. The maximum absolute atomic E-state index is 2.49. The number of hydrogen-bond acceptors (Lipinski definition) is 1. The van der Waals surface area contributed by atoms with Gasteiger partial charge in [0, 0.05) is 6.54 Å². The quantitative estimate of drug-likeness (QED) is 0.643. The number of rotatable bonds is 0. The third-order valence-electron chi connectivity index (χ3n) is 4.80. The van der Waals surface area contributed by atoms with Crippen molar-refractivity contribution in [2.75, 3.05) is 20.1 Å². The first-order valence-corrected chi connectivity index (χ1v) is 6.38. The van der Waals surface area contributed by atoms with Crippen molar-refractivity contribution in [1.82, 2.24) is 4.90 Å². The molecule has 16 heavy (non-hydrogen) atoms. The minimum atomic E-state index is 0.357. The third-order valence-corrected chi connectivity index (χ3v) is 4.80. The monoisotopic (exact) mass is 215 g/mol. The van der Waals surface area contributed by atoms with Gasteiger partial charge in [-0.15, -0.1) is 0 Å². The van der Waals surface area contributed by atoms with E-state index in [1.54, 1.807) is 11.1 Å². The highest BCUT2D eigenvalue weighted by atomic mass is 15.1. The Morgan fingerprint density at radius 1 is 1.25 bits per heavy atom. The Balaban J connectivity index is 2.08. The second kappa shape index (κ2) is 3.33. The molecule has 0 N–H and O–H groups in total. The fourth-order valence-corrected chi connectivity index (χ4v) is 3.83. The Morgan fingerprint density at radius 2 is 2.00 bits per heavy atom. The fourth-order valence-electron chi connectivity index (χ4n) is 3.83. The van der Waals surface area contributed by atoms with E-state index in [2.05, 4.69) is 50.1 Å². The molecule has 2 atom stereocenters. The molecule has 1 heterocycles. The van der Waals surface area contributed by atoms with Crippen LogP contribution in [0, 0.1) is 5.92 Å². The van der Waals surface area contributed by atoms with Crippen molar-refractivity contribution in [2.45, 2.75) is 31.6 Å². The normalized spacial score (nSPS) is 32.2. The van der Waals surface area contributed by atoms with Gasteiger partial charge in [0.05, 0.1) is 0 Å². The molecule has 0 saturated carbocycles. The molecule has 2 aliphatic rings. The van der Waals surface area contributed by atoms with Gasteiger partial charge >= 0.3 is 0 Å². The maximum Gasteiger partial charge on any atom is 0.00208 e. The molecule has 86 valence electrons. The lowest BCUT2D eigenvalue weighted by Crippen LogP contribution is -2.41. The minimum absolute atomic E-state index is 0.357. The topological polar surface area (TPSA) is 3.24 Å². The van der Waals surface area contributed by atoms with Crippen LogP contribution in [0.3, 0.4) is 0 Å². The van der Waals surface area contributed by atoms with Gasteiger partial charge in [0.1, 0.15) is 0 Å². The lowest BCUT2D eigenvalue weighted by molar-refractivity contribution is 0.146. The fraction of sp³-hybridized carbons (Fsp3) is 0.600. The van der Waals surface area contributed by atoms with Gasteiger partial charge in [-0.2, -0.15) is 0 Å². The lowest BCUT2D eigenvalue weighted by Gasteiger charge is -2.39. The second-order valence-electron chi connectivity index (χ2n) is 6.07. The standard InChI is InChI=1S/C15H21N/c1-15(2)13-7-5-4-6-11(13)12-8-9-16(3)10-14(12)15/h4-7,12,14H,8-10H2,1-3H3/t12-,14+/m0/s1. The van der Waals surface area contributed by atoms with Crippen molar-refractivity contribution < 1.29 is 0 Å². The van der Waals surface area contributed by atoms with Crippen molar-refractivity contribution in [1.29, 1.82) is 0 Å². The van der Waals surface area contributed by atoms with Crippen molar-refractivity contribution >= 4 is 0 Å². The molecular weight excluding hydrogens is 194 g/mol. The van der Waals surface area contributed by atoms with Gasteiger partial charge in [-0.05, 0) is 48.4 Å². The van der Waals surface area contributed by atoms with Crippen LogP contribution in [0.5, 0.6) is 0 Å². The molecule has 0 unspecified atom stereocenters. The summed E-state index contributed by atoms with van der Waals surface area (Å²) in [6, 6.07) is 9.10. The molecule has 3 rings (SSSR count). The summed E-state index contributed by atoms with van der Waals surface area (Å²) in [5.41, 5.74) is 3.58. The van der Waals surface area contributed by atoms with Crippen LogP contribution in [-0.2, 0) is 5.41 Å². The Hall–Kier alpha value is -0.820. The largest absolute Gasteiger partial charge is 0.306 e. The summed E-state index contributed by atoms with van der Waals surface area (Å²) in [4.78, 5) is 2.49. The molecule has 1 aliphatic carbocycles.